The number of para-hydroxylation sites is 1. The standard InChI is InChI=1S/C11H8N6O2/c12-10-11(14-5-4-13-10)16-6-7-2-1-3-8(17(18)19)9(7)15-16/h1-6H,(H2,12,13)/p+1. The number of fused-ring (bicyclic) bond motifs is 1. The quantitative estimate of drug-likeness (QED) is 0.399. The number of hydrogen-bond acceptors (Lipinski definition) is 5. The molecule has 8 nitrogen and oxygen atoms in total. The van der Waals surface area contributed by atoms with Crippen LogP contribution in [0.15, 0.2) is 36.8 Å². The van der Waals surface area contributed by atoms with Gasteiger partial charge in [-0.25, -0.2) is 10.1 Å². The van der Waals surface area contributed by atoms with Crippen LogP contribution in [-0.4, -0.2) is 20.0 Å². The van der Waals surface area contributed by atoms with E-state index in [9.17, 15) is 10.1 Å². The van der Waals surface area contributed by atoms with Gasteiger partial charge in [-0.15, -0.1) is 4.68 Å². The van der Waals surface area contributed by atoms with Crippen molar-refractivity contribution in [3.8, 4) is 5.82 Å². The molecule has 0 saturated heterocycles. The predicted octanol–water partition coefficient (Wildman–Crippen LogP) is 0.725. The lowest BCUT2D eigenvalue weighted by atomic mass is 10.2. The number of H-pyrrole nitrogens is 1. The molecule has 0 spiro atoms. The zero-order chi connectivity index (χ0) is 13.4. The minimum absolute atomic E-state index is 0.00119. The Hall–Kier alpha value is -3.03. The van der Waals surface area contributed by atoms with Gasteiger partial charge >= 0.3 is 5.82 Å². The van der Waals surface area contributed by atoms with Gasteiger partial charge in [-0.1, -0.05) is 6.07 Å². The maximum atomic E-state index is 11.0. The van der Waals surface area contributed by atoms with Gasteiger partial charge in [0, 0.05) is 6.07 Å². The maximum Gasteiger partial charge on any atom is 0.389 e. The highest BCUT2D eigenvalue weighted by Crippen LogP contribution is 2.22. The number of aromatic nitrogens is 4. The lowest BCUT2D eigenvalue weighted by Crippen LogP contribution is -2.34. The molecule has 19 heavy (non-hydrogen) atoms. The van der Waals surface area contributed by atoms with Gasteiger partial charge in [0.1, 0.15) is 6.20 Å². The molecule has 0 aliphatic rings. The molecule has 0 amide bonds. The SMILES string of the molecule is Nc1nccnc1-[n+]1cc2cccc([N+](=O)[O-])c2[nH]1. The van der Waals surface area contributed by atoms with E-state index in [1.807, 2.05) is 0 Å². The van der Waals surface area contributed by atoms with E-state index in [4.69, 9.17) is 5.73 Å². The zero-order valence-corrected chi connectivity index (χ0v) is 9.65. The van der Waals surface area contributed by atoms with E-state index < -0.39 is 4.92 Å². The van der Waals surface area contributed by atoms with Crippen molar-refractivity contribution in [1.29, 1.82) is 0 Å². The van der Waals surface area contributed by atoms with Crippen LogP contribution < -0.4 is 10.4 Å². The van der Waals surface area contributed by atoms with Crippen molar-refractivity contribution in [3.05, 3.63) is 46.9 Å². The molecule has 0 saturated carbocycles. The largest absolute Gasteiger partial charge is 0.389 e. The molecular formula is C11H9N6O2+. The van der Waals surface area contributed by atoms with Crippen molar-refractivity contribution in [2.75, 3.05) is 5.73 Å². The number of hydrogen-bond donors (Lipinski definition) is 2. The van der Waals surface area contributed by atoms with Gasteiger partial charge < -0.3 is 5.73 Å². The molecule has 0 aliphatic heterocycles. The first-order valence-electron chi connectivity index (χ1n) is 5.41. The molecule has 2 heterocycles. The number of nitrogen functional groups attached to an aromatic ring is 1. The molecular weight excluding hydrogens is 248 g/mol. The summed E-state index contributed by atoms with van der Waals surface area (Å²) in [6.45, 7) is 0. The molecule has 8 heteroatoms. The summed E-state index contributed by atoms with van der Waals surface area (Å²) in [5.41, 5.74) is 6.14. The van der Waals surface area contributed by atoms with E-state index in [0.717, 1.165) is 0 Å². The Morgan fingerprint density at radius 2 is 2.11 bits per heavy atom. The van der Waals surface area contributed by atoms with E-state index >= 15 is 0 Å². The molecule has 0 radical (unpaired) electrons. The van der Waals surface area contributed by atoms with Gasteiger partial charge in [0.2, 0.25) is 5.82 Å². The van der Waals surface area contributed by atoms with Gasteiger partial charge in [-0.3, -0.25) is 10.1 Å². The van der Waals surface area contributed by atoms with Crippen LogP contribution in [0.4, 0.5) is 11.5 Å². The summed E-state index contributed by atoms with van der Waals surface area (Å²) in [6, 6.07) is 4.82. The number of nitrogens with two attached hydrogens (primary N) is 1. The number of nitrogens with one attached hydrogen (secondary N) is 1. The molecule has 0 fully saturated rings. The van der Waals surface area contributed by atoms with Crippen molar-refractivity contribution in [1.82, 2.24) is 15.1 Å². The highest BCUT2D eigenvalue weighted by atomic mass is 16.6. The van der Waals surface area contributed by atoms with Crippen LogP contribution in [0.1, 0.15) is 0 Å². The summed E-state index contributed by atoms with van der Waals surface area (Å²) >= 11 is 0. The first-order chi connectivity index (χ1) is 9.16. The number of benzene rings is 1. The van der Waals surface area contributed by atoms with Crippen molar-refractivity contribution in [2.45, 2.75) is 0 Å². The van der Waals surface area contributed by atoms with Crippen molar-refractivity contribution >= 4 is 22.4 Å². The summed E-state index contributed by atoms with van der Waals surface area (Å²) in [7, 11) is 0. The summed E-state index contributed by atoms with van der Waals surface area (Å²) in [4.78, 5) is 18.5. The predicted molar refractivity (Wildman–Crippen MR) is 66.5 cm³/mol. The minimum Gasteiger partial charge on any atom is -0.377 e. The number of non-ortho nitro benzene ring substituents is 1. The molecule has 3 N–H and O–H groups in total. The third-order valence-corrected chi connectivity index (χ3v) is 2.71. The molecule has 0 aliphatic carbocycles. The minimum atomic E-state index is -0.441. The van der Waals surface area contributed by atoms with Crippen molar-refractivity contribution in [2.24, 2.45) is 0 Å². The van der Waals surface area contributed by atoms with E-state index in [-0.39, 0.29) is 11.5 Å². The van der Waals surface area contributed by atoms with E-state index in [1.165, 1.54) is 23.1 Å². The van der Waals surface area contributed by atoms with Crippen LogP contribution >= 0.6 is 0 Å². The van der Waals surface area contributed by atoms with Gasteiger partial charge in [0.25, 0.3) is 5.69 Å². The normalized spacial score (nSPS) is 10.7. The zero-order valence-electron chi connectivity index (χ0n) is 9.65. The van der Waals surface area contributed by atoms with E-state index in [1.54, 1.807) is 18.3 Å². The topological polar surface area (TPSA) is 115 Å². The smallest absolute Gasteiger partial charge is 0.377 e. The Morgan fingerprint density at radius 3 is 2.84 bits per heavy atom. The Balaban J connectivity index is 2.26. The van der Waals surface area contributed by atoms with Crippen LogP contribution in [0.3, 0.4) is 0 Å². The first-order valence-corrected chi connectivity index (χ1v) is 5.41. The maximum absolute atomic E-state index is 11.0. The van der Waals surface area contributed by atoms with E-state index in [0.29, 0.717) is 16.7 Å². The van der Waals surface area contributed by atoms with Gasteiger partial charge in [0.05, 0.1) is 16.5 Å². The second-order valence-electron chi connectivity index (χ2n) is 3.87. The van der Waals surface area contributed by atoms with Gasteiger partial charge in [-0.05, 0) is 11.1 Å². The van der Waals surface area contributed by atoms with Gasteiger partial charge in [0.15, 0.2) is 11.7 Å². The first kappa shape index (κ1) is 11.1. The highest BCUT2D eigenvalue weighted by Gasteiger charge is 2.20. The van der Waals surface area contributed by atoms with Gasteiger partial charge in [-0.2, -0.15) is 0 Å². The molecule has 2 aromatic heterocycles. The monoisotopic (exact) mass is 257 g/mol. The molecule has 1 aromatic carbocycles. The van der Waals surface area contributed by atoms with E-state index in [2.05, 4.69) is 15.1 Å². The summed E-state index contributed by atoms with van der Waals surface area (Å²) in [6.07, 6.45) is 4.66. The Kier molecular flexibility index (Phi) is 2.34. The average molecular weight is 257 g/mol. The van der Waals surface area contributed by atoms with Crippen molar-refractivity contribution in [3.63, 3.8) is 0 Å². The molecule has 0 atom stereocenters. The summed E-state index contributed by atoms with van der Waals surface area (Å²) in [5, 5.41) is 14.5. The lowest BCUT2D eigenvalue weighted by Gasteiger charge is -1.92. The van der Waals surface area contributed by atoms with Crippen LogP contribution in [0.25, 0.3) is 16.7 Å². The third kappa shape index (κ3) is 1.75. The van der Waals surface area contributed by atoms with Crippen LogP contribution in [-0.2, 0) is 0 Å². The van der Waals surface area contributed by atoms with Crippen molar-refractivity contribution < 1.29 is 9.61 Å². The number of nitro benzene ring substituents is 1. The second kappa shape index (κ2) is 4.02. The van der Waals surface area contributed by atoms with Crippen LogP contribution in [0.5, 0.6) is 0 Å². The molecule has 94 valence electrons. The molecule has 0 bridgehead atoms. The Morgan fingerprint density at radius 1 is 1.32 bits per heavy atom. The third-order valence-electron chi connectivity index (χ3n) is 2.71. The Bertz CT molecular complexity index is 782. The highest BCUT2D eigenvalue weighted by molar-refractivity contribution is 5.85. The lowest BCUT2D eigenvalue weighted by molar-refractivity contribution is -0.656. The summed E-state index contributed by atoms with van der Waals surface area (Å²) in [5.74, 6) is 0.634. The fraction of sp³-hybridized carbons (Fsp3) is 0. The number of anilines is 1. The van der Waals surface area contributed by atoms with Crippen LogP contribution in [0, 0.1) is 10.1 Å². The molecule has 3 aromatic rings. The number of aromatic amines is 1. The fourth-order valence-corrected chi connectivity index (χ4v) is 1.87. The summed E-state index contributed by atoms with van der Waals surface area (Å²) < 4.78 is 1.51. The molecule has 3 rings (SSSR count). The molecule has 0 unspecified atom stereocenters. The number of rotatable bonds is 2. The Labute approximate surface area is 106 Å². The number of nitrogens with zero attached hydrogens (tertiary/aromatic N) is 4. The fourth-order valence-electron chi connectivity index (χ4n) is 1.87. The van der Waals surface area contributed by atoms with Crippen LogP contribution in [0.2, 0.25) is 0 Å². The number of nitro groups is 1. The second-order valence-corrected chi connectivity index (χ2v) is 3.87. The average Bonchev–Trinajstić information content (AvgIpc) is 2.82.